The van der Waals surface area contributed by atoms with Crippen LogP contribution in [0.5, 0.6) is 5.75 Å². The predicted molar refractivity (Wildman–Crippen MR) is 72.3 cm³/mol. The maximum atomic E-state index is 10.8. The summed E-state index contributed by atoms with van der Waals surface area (Å²) in [4.78, 5) is 10.8. The molecular weight excluding hydrogens is 226 g/mol. The minimum Gasteiger partial charge on any atom is -0.486 e. The number of ketones is 1. The minimum atomic E-state index is 0.0153. The number of rotatable bonds is 5. The van der Waals surface area contributed by atoms with Crippen LogP contribution in [0.3, 0.4) is 0 Å². The van der Waals surface area contributed by atoms with Gasteiger partial charge in [0.15, 0.2) is 5.78 Å². The van der Waals surface area contributed by atoms with Crippen molar-refractivity contribution in [3.63, 3.8) is 0 Å². The first-order valence-corrected chi connectivity index (χ1v) is 5.78. The Morgan fingerprint density at radius 2 is 1.61 bits per heavy atom. The average Bonchev–Trinajstić information content (AvgIpc) is 2.39. The van der Waals surface area contributed by atoms with Gasteiger partial charge >= 0.3 is 0 Å². The Labute approximate surface area is 106 Å². The van der Waals surface area contributed by atoms with Crippen molar-refractivity contribution in [2.75, 3.05) is 11.9 Å². The Kier molecular flexibility index (Phi) is 3.97. The Hall–Kier alpha value is -2.29. The first-order valence-electron chi connectivity index (χ1n) is 5.78. The summed E-state index contributed by atoms with van der Waals surface area (Å²) in [7, 11) is 0. The van der Waals surface area contributed by atoms with Crippen molar-refractivity contribution in [2.45, 2.75) is 6.92 Å². The number of hydrogen-bond acceptors (Lipinski definition) is 3. The van der Waals surface area contributed by atoms with Crippen LogP contribution in [0.4, 0.5) is 11.4 Å². The van der Waals surface area contributed by atoms with Crippen molar-refractivity contribution in [2.24, 2.45) is 0 Å². The fraction of sp³-hybridized carbons (Fsp3) is 0.133. The average molecular weight is 241 g/mol. The second-order valence-corrected chi connectivity index (χ2v) is 4.01. The van der Waals surface area contributed by atoms with Gasteiger partial charge in [0.2, 0.25) is 0 Å². The summed E-state index contributed by atoms with van der Waals surface area (Å²) < 4.78 is 5.30. The smallest absolute Gasteiger partial charge is 0.167 e. The first-order chi connectivity index (χ1) is 8.74. The molecule has 0 aliphatic rings. The summed E-state index contributed by atoms with van der Waals surface area (Å²) >= 11 is 0. The molecule has 92 valence electrons. The molecule has 0 radical (unpaired) electrons. The molecule has 0 saturated carbocycles. The van der Waals surface area contributed by atoms with Gasteiger partial charge in [-0.15, -0.1) is 0 Å². The van der Waals surface area contributed by atoms with Gasteiger partial charge in [0, 0.05) is 11.4 Å². The minimum absolute atomic E-state index is 0.0153. The molecule has 3 heteroatoms. The molecule has 1 N–H and O–H groups in total. The van der Waals surface area contributed by atoms with Crippen LogP contribution in [0.25, 0.3) is 0 Å². The first kappa shape index (κ1) is 12.2. The van der Waals surface area contributed by atoms with Gasteiger partial charge in [-0.2, -0.15) is 0 Å². The van der Waals surface area contributed by atoms with Crippen molar-refractivity contribution >= 4 is 17.2 Å². The topological polar surface area (TPSA) is 38.3 Å². The predicted octanol–water partition coefficient (Wildman–Crippen LogP) is 3.40. The van der Waals surface area contributed by atoms with E-state index in [0.29, 0.717) is 5.75 Å². The van der Waals surface area contributed by atoms with Crippen molar-refractivity contribution in [1.82, 2.24) is 0 Å². The molecular formula is C15H15NO2. The van der Waals surface area contributed by atoms with E-state index in [4.69, 9.17) is 4.74 Å². The molecule has 0 saturated heterocycles. The Morgan fingerprint density at radius 1 is 1.00 bits per heavy atom. The standard InChI is InChI=1S/C15H15NO2/c1-12(17)11-18-15-9-7-14(8-10-15)16-13-5-3-2-4-6-13/h2-10,16H,11H2,1H3. The fourth-order valence-electron chi connectivity index (χ4n) is 1.51. The number of Topliss-reactive ketones (excluding diaryl/α,β-unsaturated/α-hetero) is 1. The number of carbonyl (C=O) groups is 1. The van der Waals surface area contributed by atoms with E-state index in [2.05, 4.69) is 5.32 Å². The molecule has 0 aromatic heterocycles. The van der Waals surface area contributed by atoms with Gasteiger partial charge in [-0.05, 0) is 43.3 Å². The van der Waals surface area contributed by atoms with E-state index in [-0.39, 0.29) is 12.4 Å². The number of nitrogens with one attached hydrogen (secondary N) is 1. The van der Waals surface area contributed by atoms with Crippen LogP contribution >= 0.6 is 0 Å². The highest BCUT2D eigenvalue weighted by atomic mass is 16.5. The quantitative estimate of drug-likeness (QED) is 0.871. The van der Waals surface area contributed by atoms with E-state index in [9.17, 15) is 4.79 Å². The molecule has 0 fully saturated rings. The van der Waals surface area contributed by atoms with Crippen LogP contribution in [0.2, 0.25) is 0 Å². The highest BCUT2D eigenvalue weighted by Gasteiger charge is 1.98. The summed E-state index contributed by atoms with van der Waals surface area (Å²) in [5, 5.41) is 3.27. The monoisotopic (exact) mass is 241 g/mol. The van der Waals surface area contributed by atoms with Gasteiger partial charge < -0.3 is 10.1 Å². The van der Waals surface area contributed by atoms with E-state index in [1.807, 2.05) is 54.6 Å². The molecule has 0 bridgehead atoms. The van der Waals surface area contributed by atoms with E-state index in [1.165, 1.54) is 6.92 Å². The maximum absolute atomic E-state index is 10.8. The van der Waals surface area contributed by atoms with Crippen molar-refractivity contribution in [3.8, 4) is 5.75 Å². The van der Waals surface area contributed by atoms with Crippen LogP contribution in [0, 0.1) is 0 Å². The largest absolute Gasteiger partial charge is 0.486 e. The summed E-state index contributed by atoms with van der Waals surface area (Å²) in [6, 6.07) is 17.5. The van der Waals surface area contributed by atoms with Gasteiger partial charge in [0.05, 0.1) is 0 Å². The lowest BCUT2D eigenvalue weighted by molar-refractivity contribution is -0.118. The third-order valence-corrected chi connectivity index (χ3v) is 2.36. The molecule has 2 aromatic carbocycles. The zero-order chi connectivity index (χ0) is 12.8. The second kappa shape index (κ2) is 5.87. The molecule has 0 aliphatic carbocycles. The highest BCUT2D eigenvalue weighted by Crippen LogP contribution is 2.19. The van der Waals surface area contributed by atoms with Gasteiger partial charge in [0.1, 0.15) is 12.4 Å². The zero-order valence-corrected chi connectivity index (χ0v) is 10.2. The SMILES string of the molecule is CC(=O)COc1ccc(Nc2ccccc2)cc1. The molecule has 3 nitrogen and oxygen atoms in total. The molecule has 0 aliphatic heterocycles. The van der Waals surface area contributed by atoms with E-state index in [0.717, 1.165) is 11.4 Å². The summed E-state index contributed by atoms with van der Waals surface area (Å²) in [5.41, 5.74) is 2.02. The molecule has 0 atom stereocenters. The molecule has 2 rings (SSSR count). The summed E-state index contributed by atoms with van der Waals surface area (Å²) in [6.45, 7) is 1.62. The van der Waals surface area contributed by atoms with Gasteiger partial charge in [-0.25, -0.2) is 0 Å². The Bertz CT molecular complexity index is 506. The van der Waals surface area contributed by atoms with Crippen LogP contribution in [-0.2, 0) is 4.79 Å². The number of para-hydroxylation sites is 1. The molecule has 0 unspecified atom stereocenters. The lowest BCUT2D eigenvalue weighted by atomic mass is 10.2. The molecule has 0 amide bonds. The third-order valence-electron chi connectivity index (χ3n) is 2.36. The fourth-order valence-corrected chi connectivity index (χ4v) is 1.51. The third kappa shape index (κ3) is 3.63. The van der Waals surface area contributed by atoms with E-state index < -0.39 is 0 Å². The van der Waals surface area contributed by atoms with Crippen molar-refractivity contribution in [3.05, 3.63) is 54.6 Å². The molecule has 0 heterocycles. The van der Waals surface area contributed by atoms with Gasteiger partial charge in [-0.3, -0.25) is 4.79 Å². The Morgan fingerprint density at radius 3 is 2.22 bits per heavy atom. The van der Waals surface area contributed by atoms with Crippen molar-refractivity contribution < 1.29 is 9.53 Å². The highest BCUT2D eigenvalue weighted by molar-refractivity contribution is 5.77. The normalized spacial score (nSPS) is 9.83. The molecule has 2 aromatic rings. The summed E-state index contributed by atoms with van der Waals surface area (Å²) in [5.74, 6) is 0.713. The second-order valence-electron chi connectivity index (χ2n) is 4.01. The molecule has 18 heavy (non-hydrogen) atoms. The van der Waals surface area contributed by atoms with Crippen LogP contribution in [0.1, 0.15) is 6.92 Å². The zero-order valence-electron chi connectivity index (χ0n) is 10.2. The number of hydrogen-bond donors (Lipinski definition) is 1. The molecule has 0 spiro atoms. The number of carbonyl (C=O) groups excluding carboxylic acids is 1. The summed E-state index contributed by atoms with van der Waals surface area (Å²) in [6.07, 6.45) is 0. The lowest BCUT2D eigenvalue weighted by Gasteiger charge is -2.08. The van der Waals surface area contributed by atoms with E-state index >= 15 is 0 Å². The van der Waals surface area contributed by atoms with E-state index in [1.54, 1.807) is 0 Å². The number of benzene rings is 2. The maximum Gasteiger partial charge on any atom is 0.167 e. The van der Waals surface area contributed by atoms with Crippen LogP contribution in [0.15, 0.2) is 54.6 Å². The number of ether oxygens (including phenoxy) is 1. The number of anilines is 2. The van der Waals surface area contributed by atoms with Gasteiger partial charge in [0.25, 0.3) is 0 Å². The lowest BCUT2D eigenvalue weighted by Crippen LogP contribution is -2.06. The Balaban J connectivity index is 1.97. The van der Waals surface area contributed by atoms with Crippen molar-refractivity contribution in [1.29, 1.82) is 0 Å². The van der Waals surface area contributed by atoms with Gasteiger partial charge in [-0.1, -0.05) is 18.2 Å². The van der Waals surface area contributed by atoms with Crippen LogP contribution < -0.4 is 10.1 Å². The van der Waals surface area contributed by atoms with Crippen LogP contribution in [-0.4, -0.2) is 12.4 Å².